The molecule has 0 N–H and O–H groups in total. The fraction of sp³-hybridized carbons (Fsp3) is 0.176. The van der Waals surface area contributed by atoms with Gasteiger partial charge in [0, 0.05) is 17.7 Å². The van der Waals surface area contributed by atoms with Crippen molar-refractivity contribution in [1.29, 1.82) is 0 Å². The Bertz CT molecular complexity index is 600. The zero-order valence-electron chi connectivity index (χ0n) is 11.3. The number of nitrogens with zero attached hydrogens (tertiary/aromatic N) is 1. The van der Waals surface area contributed by atoms with E-state index in [1.165, 1.54) is 5.56 Å². The van der Waals surface area contributed by atoms with Gasteiger partial charge in [0.2, 0.25) is 0 Å². The Labute approximate surface area is 113 Å². The van der Waals surface area contributed by atoms with Gasteiger partial charge in [0.15, 0.2) is 5.78 Å². The van der Waals surface area contributed by atoms with Crippen LogP contribution in [-0.4, -0.2) is 11.5 Å². The van der Waals surface area contributed by atoms with Crippen LogP contribution in [0.1, 0.15) is 29.3 Å². The van der Waals surface area contributed by atoms with Crippen LogP contribution in [0, 0.1) is 6.92 Å². The van der Waals surface area contributed by atoms with Crippen molar-refractivity contribution in [2.75, 3.05) is 0 Å². The maximum absolute atomic E-state index is 12.0. The molecular weight excluding hydrogens is 234 g/mol. The van der Waals surface area contributed by atoms with Crippen molar-refractivity contribution in [2.45, 2.75) is 20.3 Å². The number of aryl methyl sites for hydroxylation is 1. The summed E-state index contributed by atoms with van der Waals surface area (Å²) in [7, 11) is 0. The molecule has 0 amide bonds. The molecule has 0 saturated carbocycles. The minimum Gasteiger partial charge on any atom is -0.294 e. The van der Waals surface area contributed by atoms with Gasteiger partial charge in [-0.3, -0.25) is 9.79 Å². The second kappa shape index (κ2) is 6.10. The Morgan fingerprint density at radius 2 is 1.79 bits per heavy atom. The molecule has 0 spiro atoms. The zero-order valence-corrected chi connectivity index (χ0v) is 11.3. The van der Waals surface area contributed by atoms with Gasteiger partial charge < -0.3 is 0 Å². The van der Waals surface area contributed by atoms with Gasteiger partial charge in [0.1, 0.15) is 0 Å². The number of Topliss-reactive ketones (excluding diaryl/α,β-unsaturated/α-hetero) is 1. The number of hydrogen-bond acceptors (Lipinski definition) is 2. The van der Waals surface area contributed by atoms with Crippen molar-refractivity contribution >= 4 is 17.2 Å². The van der Waals surface area contributed by atoms with Crippen LogP contribution in [0.4, 0.5) is 5.69 Å². The van der Waals surface area contributed by atoms with Gasteiger partial charge in [-0.15, -0.1) is 0 Å². The Morgan fingerprint density at radius 3 is 2.47 bits per heavy atom. The van der Waals surface area contributed by atoms with E-state index in [1.807, 2.05) is 68.4 Å². The summed E-state index contributed by atoms with van der Waals surface area (Å²) < 4.78 is 0. The first kappa shape index (κ1) is 13.2. The van der Waals surface area contributed by atoms with Crippen molar-refractivity contribution in [1.82, 2.24) is 0 Å². The smallest absolute Gasteiger partial charge is 0.168 e. The summed E-state index contributed by atoms with van der Waals surface area (Å²) in [5, 5.41) is 0. The average molecular weight is 251 g/mol. The molecule has 2 nitrogen and oxygen atoms in total. The lowest BCUT2D eigenvalue weighted by atomic mass is 10.1. The normalized spacial score (nSPS) is 11.4. The quantitative estimate of drug-likeness (QED) is 0.586. The van der Waals surface area contributed by atoms with E-state index in [-0.39, 0.29) is 5.78 Å². The van der Waals surface area contributed by atoms with Crippen LogP contribution in [0.2, 0.25) is 0 Å². The molecule has 19 heavy (non-hydrogen) atoms. The van der Waals surface area contributed by atoms with Crippen LogP contribution < -0.4 is 0 Å². The molecule has 0 aliphatic heterocycles. The standard InChI is InChI=1S/C17H17NO/c1-13-7-6-10-16(11-13)18-14(2)12-17(19)15-8-4-3-5-9-15/h3-11H,12H2,1-2H3. The zero-order chi connectivity index (χ0) is 13.7. The lowest BCUT2D eigenvalue weighted by Gasteiger charge is -2.02. The van der Waals surface area contributed by atoms with Gasteiger partial charge in [-0.2, -0.15) is 0 Å². The van der Waals surface area contributed by atoms with Crippen molar-refractivity contribution in [2.24, 2.45) is 4.99 Å². The lowest BCUT2D eigenvalue weighted by Crippen LogP contribution is -2.04. The van der Waals surface area contributed by atoms with Gasteiger partial charge in [0.05, 0.1) is 5.69 Å². The van der Waals surface area contributed by atoms with Crippen molar-refractivity contribution in [3.8, 4) is 0 Å². The monoisotopic (exact) mass is 251 g/mol. The first-order valence-electron chi connectivity index (χ1n) is 6.34. The van der Waals surface area contributed by atoms with E-state index in [0.717, 1.165) is 17.0 Å². The Morgan fingerprint density at radius 1 is 1.05 bits per heavy atom. The average Bonchev–Trinajstić information content (AvgIpc) is 2.39. The van der Waals surface area contributed by atoms with Gasteiger partial charge in [-0.05, 0) is 31.5 Å². The maximum Gasteiger partial charge on any atom is 0.168 e. The highest BCUT2D eigenvalue weighted by atomic mass is 16.1. The molecule has 0 saturated heterocycles. The van der Waals surface area contributed by atoms with Gasteiger partial charge in [0.25, 0.3) is 0 Å². The summed E-state index contributed by atoms with van der Waals surface area (Å²) in [5.41, 5.74) is 3.64. The van der Waals surface area contributed by atoms with Crippen LogP contribution >= 0.6 is 0 Å². The second-order valence-electron chi connectivity index (χ2n) is 4.65. The van der Waals surface area contributed by atoms with Crippen LogP contribution in [0.5, 0.6) is 0 Å². The molecular formula is C17H17NO. The molecule has 0 aliphatic rings. The molecule has 2 rings (SSSR count). The van der Waals surface area contributed by atoms with Crippen LogP contribution in [0.3, 0.4) is 0 Å². The number of aliphatic imine (C=N–C) groups is 1. The molecule has 0 radical (unpaired) electrons. The third-order valence-electron chi connectivity index (χ3n) is 2.83. The summed E-state index contributed by atoms with van der Waals surface area (Å²) in [6, 6.07) is 17.3. The summed E-state index contributed by atoms with van der Waals surface area (Å²) in [5.74, 6) is 0.106. The Balaban J connectivity index is 2.09. The molecule has 0 atom stereocenters. The largest absolute Gasteiger partial charge is 0.294 e. The Kier molecular flexibility index (Phi) is 4.24. The fourth-order valence-electron chi connectivity index (χ4n) is 1.92. The van der Waals surface area contributed by atoms with Crippen LogP contribution in [-0.2, 0) is 0 Å². The summed E-state index contributed by atoms with van der Waals surface area (Å²) >= 11 is 0. The second-order valence-corrected chi connectivity index (χ2v) is 4.65. The Hall–Kier alpha value is -2.22. The van der Waals surface area contributed by atoms with Gasteiger partial charge >= 0.3 is 0 Å². The molecule has 0 heterocycles. The third kappa shape index (κ3) is 3.88. The molecule has 0 aromatic heterocycles. The predicted octanol–water partition coefficient (Wildman–Crippen LogP) is 4.36. The lowest BCUT2D eigenvalue weighted by molar-refractivity contribution is 0.100. The first-order chi connectivity index (χ1) is 9.15. The molecule has 0 bridgehead atoms. The number of hydrogen-bond donors (Lipinski definition) is 0. The number of benzene rings is 2. The first-order valence-corrected chi connectivity index (χ1v) is 6.34. The van der Waals surface area contributed by atoms with E-state index in [0.29, 0.717) is 6.42 Å². The molecule has 2 heteroatoms. The maximum atomic E-state index is 12.0. The summed E-state index contributed by atoms with van der Waals surface area (Å²) in [6.07, 6.45) is 0.359. The van der Waals surface area contributed by atoms with Crippen LogP contribution in [0.15, 0.2) is 59.6 Å². The van der Waals surface area contributed by atoms with Gasteiger partial charge in [-0.25, -0.2) is 0 Å². The molecule has 0 aliphatic carbocycles. The van der Waals surface area contributed by atoms with E-state index >= 15 is 0 Å². The van der Waals surface area contributed by atoms with Crippen LogP contribution in [0.25, 0.3) is 0 Å². The van der Waals surface area contributed by atoms with E-state index < -0.39 is 0 Å². The van der Waals surface area contributed by atoms with Gasteiger partial charge in [-0.1, -0.05) is 42.5 Å². The predicted molar refractivity (Wildman–Crippen MR) is 79.3 cm³/mol. The number of carbonyl (C=O) groups is 1. The van der Waals surface area contributed by atoms with Crippen molar-refractivity contribution in [3.63, 3.8) is 0 Å². The SMILES string of the molecule is CC(CC(=O)c1ccccc1)=Nc1cccc(C)c1. The highest BCUT2D eigenvalue weighted by Crippen LogP contribution is 2.15. The summed E-state index contributed by atoms with van der Waals surface area (Å²) in [4.78, 5) is 16.5. The van der Waals surface area contributed by atoms with Crippen molar-refractivity contribution < 1.29 is 4.79 Å². The van der Waals surface area contributed by atoms with E-state index in [4.69, 9.17) is 0 Å². The molecule has 0 unspecified atom stereocenters. The third-order valence-corrected chi connectivity index (χ3v) is 2.83. The number of rotatable bonds is 4. The summed E-state index contributed by atoms with van der Waals surface area (Å²) in [6.45, 7) is 3.92. The molecule has 2 aromatic carbocycles. The minimum atomic E-state index is 0.106. The highest BCUT2D eigenvalue weighted by Gasteiger charge is 2.06. The van der Waals surface area contributed by atoms with E-state index in [9.17, 15) is 4.79 Å². The number of carbonyl (C=O) groups excluding carboxylic acids is 1. The molecule has 96 valence electrons. The molecule has 2 aromatic rings. The highest BCUT2D eigenvalue weighted by molar-refractivity contribution is 6.09. The topological polar surface area (TPSA) is 29.4 Å². The number of ketones is 1. The fourth-order valence-corrected chi connectivity index (χ4v) is 1.92. The van der Waals surface area contributed by atoms with E-state index in [2.05, 4.69) is 4.99 Å². The minimum absolute atomic E-state index is 0.106. The van der Waals surface area contributed by atoms with E-state index in [1.54, 1.807) is 0 Å². The van der Waals surface area contributed by atoms with Crippen molar-refractivity contribution in [3.05, 3.63) is 65.7 Å². The molecule has 0 fully saturated rings.